The van der Waals surface area contributed by atoms with Crippen molar-refractivity contribution in [2.45, 2.75) is 33.6 Å². The summed E-state index contributed by atoms with van der Waals surface area (Å²) in [6.45, 7) is 8.88. The number of ether oxygens (including phenoxy) is 1. The summed E-state index contributed by atoms with van der Waals surface area (Å²) in [5.41, 5.74) is 1.32. The Morgan fingerprint density at radius 1 is 1.22 bits per heavy atom. The van der Waals surface area contributed by atoms with E-state index in [4.69, 9.17) is 4.74 Å². The Kier molecular flexibility index (Phi) is 6.81. The van der Waals surface area contributed by atoms with E-state index in [0.717, 1.165) is 31.2 Å². The van der Waals surface area contributed by atoms with Gasteiger partial charge in [0.05, 0.1) is 7.11 Å². The lowest BCUT2D eigenvalue weighted by Gasteiger charge is -2.20. The second kappa shape index (κ2) is 8.15. The lowest BCUT2D eigenvalue weighted by Crippen LogP contribution is -2.25. The maximum absolute atomic E-state index is 5.44. The maximum atomic E-state index is 5.44. The topological polar surface area (TPSA) is 21.3 Å². The highest BCUT2D eigenvalue weighted by Gasteiger charge is 2.13. The molecular weight excluding hydrogens is 222 g/mol. The third-order valence-electron chi connectivity index (χ3n) is 3.19. The van der Waals surface area contributed by atoms with Gasteiger partial charge in [0, 0.05) is 0 Å². The summed E-state index contributed by atoms with van der Waals surface area (Å²) in [6, 6.07) is 8.36. The fourth-order valence-electron chi connectivity index (χ4n) is 2.44. The number of hydrogen-bond donors (Lipinski definition) is 1. The Balaban J connectivity index is 2.68. The predicted molar refractivity (Wildman–Crippen MR) is 78.2 cm³/mol. The molecule has 1 atom stereocenters. The van der Waals surface area contributed by atoms with Crippen molar-refractivity contribution < 1.29 is 4.74 Å². The van der Waals surface area contributed by atoms with Gasteiger partial charge >= 0.3 is 0 Å². The van der Waals surface area contributed by atoms with Gasteiger partial charge in [-0.05, 0) is 49.4 Å². The summed E-state index contributed by atoms with van der Waals surface area (Å²) in [5.74, 6) is 2.44. The van der Waals surface area contributed by atoms with Crippen LogP contribution in [0.5, 0.6) is 5.75 Å². The van der Waals surface area contributed by atoms with Gasteiger partial charge in [-0.25, -0.2) is 0 Å². The average molecular weight is 249 g/mol. The summed E-state index contributed by atoms with van der Waals surface area (Å²) in [4.78, 5) is 0. The van der Waals surface area contributed by atoms with Gasteiger partial charge in [-0.2, -0.15) is 0 Å². The molecule has 1 aromatic rings. The van der Waals surface area contributed by atoms with Crippen LogP contribution in [0.2, 0.25) is 0 Å². The lowest BCUT2D eigenvalue weighted by molar-refractivity contribution is 0.373. The van der Waals surface area contributed by atoms with Crippen LogP contribution in [0.15, 0.2) is 24.3 Å². The van der Waals surface area contributed by atoms with Crippen molar-refractivity contribution in [1.29, 1.82) is 0 Å². The van der Waals surface area contributed by atoms with Crippen molar-refractivity contribution in [3.8, 4) is 5.75 Å². The van der Waals surface area contributed by atoms with E-state index in [2.05, 4.69) is 44.3 Å². The van der Waals surface area contributed by atoms with Gasteiger partial charge in [-0.15, -0.1) is 0 Å². The predicted octanol–water partition coefficient (Wildman–Crippen LogP) is 3.51. The molecule has 1 N–H and O–H groups in total. The molecule has 0 saturated heterocycles. The van der Waals surface area contributed by atoms with E-state index >= 15 is 0 Å². The standard InChI is InChI=1S/C16H27NO/c1-5-17-12-14(10-13(2)3)11-15-8-6-7-9-16(15)18-4/h6-9,13-14,17H,5,10-12H2,1-4H3. The van der Waals surface area contributed by atoms with Gasteiger partial charge in [0.15, 0.2) is 0 Å². The Labute approximate surface area is 112 Å². The molecule has 0 spiro atoms. The number of hydrogen-bond acceptors (Lipinski definition) is 2. The van der Waals surface area contributed by atoms with Crippen molar-refractivity contribution in [3.05, 3.63) is 29.8 Å². The van der Waals surface area contributed by atoms with Gasteiger partial charge in [0.2, 0.25) is 0 Å². The van der Waals surface area contributed by atoms with Crippen LogP contribution in [0.1, 0.15) is 32.8 Å². The maximum Gasteiger partial charge on any atom is 0.122 e. The van der Waals surface area contributed by atoms with Crippen molar-refractivity contribution in [3.63, 3.8) is 0 Å². The van der Waals surface area contributed by atoms with E-state index in [1.807, 2.05) is 6.07 Å². The van der Waals surface area contributed by atoms with Crippen LogP contribution in [-0.4, -0.2) is 20.2 Å². The van der Waals surface area contributed by atoms with Gasteiger partial charge in [0.25, 0.3) is 0 Å². The minimum atomic E-state index is 0.682. The third kappa shape index (κ3) is 5.09. The van der Waals surface area contributed by atoms with E-state index in [1.54, 1.807) is 7.11 Å². The molecule has 2 heteroatoms. The minimum absolute atomic E-state index is 0.682. The molecule has 102 valence electrons. The largest absolute Gasteiger partial charge is 0.496 e. The molecule has 1 aromatic carbocycles. The van der Waals surface area contributed by atoms with Crippen molar-refractivity contribution in [2.24, 2.45) is 11.8 Å². The highest BCUT2D eigenvalue weighted by Crippen LogP contribution is 2.23. The fourth-order valence-corrected chi connectivity index (χ4v) is 2.44. The Hall–Kier alpha value is -1.02. The van der Waals surface area contributed by atoms with Gasteiger partial charge in [-0.1, -0.05) is 39.0 Å². The first-order chi connectivity index (χ1) is 8.67. The SMILES string of the molecule is CCNCC(Cc1ccccc1OC)CC(C)C. The molecule has 0 saturated carbocycles. The Morgan fingerprint density at radius 2 is 1.94 bits per heavy atom. The minimum Gasteiger partial charge on any atom is -0.496 e. The molecular formula is C16H27NO. The van der Waals surface area contributed by atoms with Crippen molar-refractivity contribution in [1.82, 2.24) is 5.32 Å². The quantitative estimate of drug-likeness (QED) is 0.761. The second-order valence-electron chi connectivity index (χ2n) is 5.32. The molecule has 0 fully saturated rings. The Bertz CT molecular complexity index is 336. The third-order valence-corrected chi connectivity index (χ3v) is 3.19. The number of methoxy groups -OCH3 is 1. The number of benzene rings is 1. The fraction of sp³-hybridized carbons (Fsp3) is 0.625. The van der Waals surface area contributed by atoms with E-state index < -0.39 is 0 Å². The summed E-state index contributed by atoms with van der Waals surface area (Å²) >= 11 is 0. The normalized spacial score (nSPS) is 12.7. The molecule has 0 radical (unpaired) electrons. The van der Waals surface area contributed by atoms with E-state index in [9.17, 15) is 0 Å². The van der Waals surface area contributed by atoms with Gasteiger partial charge in [0.1, 0.15) is 5.75 Å². The van der Waals surface area contributed by atoms with Gasteiger partial charge in [-0.3, -0.25) is 0 Å². The molecule has 0 amide bonds. The van der Waals surface area contributed by atoms with Crippen LogP contribution in [0.4, 0.5) is 0 Å². The first-order valence-corrected chi connectivity index (χ1v) is 7.00. The summed E-state index contributed by atoms with van der Waals surface area (Å²) in [6.07, 6.45) is 2.35. The highest BCUT2D eigenvalue weighted by molar-refractivity contribution is 5.33. The smallest absolute Gasteiger partial charge is 0.122 e. The summed E-state index contributed by atoms with van der Waals surface area (Å²) in [5, 5.41) is 3.47. The zero-order chi connectivity index (χ0) is 13.4. The van der Waals surface area contributed by atoms with Crippen LogP contribution < -0.4 is 10.1 Å². The molecule has 0 aliphatic carbocycles. The van der Waals surface area contributed by atoms with Crippen LogP contribution in [0.3, 0.4) is 0 Å². The zero-order valence-corrected chi connectivity index (χ0v) is 12.2. The molecule has 0 aliphatic rings. The van der Waals surface area contributed by atoms with Crippen LogP contribution in [0.25, 0.3) is 0 Å². The second-order valence-corrected chi connectivity index (χ2v) is 5.32. The number of nitrogens with one attached hydrogen (secondary N) is 1. The first-order valence-electron chi connectivity index (χ1n) is 7.00. The molecule has 0 aliphatic heterocycles. The van der Waals surface area contributed by atoms with Gasteiger partial charge < -0.3 is 10.1 Å². The zero-order valence-electron chi connectivity index (χ0n) is 12.2. The van der Waals surface area contributed by atoms with Crippen molar-refractivity contribution >= 4 is 0 Å². The molecule has 1 unspecified atom stereocenters. The molecule has 1 rings (SSSR count). The average Bonchev–Trinajstić information content (AvgIpc) is 2.36. The molecule has 0 bridgehead atoms. The lowest BCUT2D eigenvalue weighted by atomic mass is 9.90. The molecule has 0 heterocycles. The van der Waals surface area contributed by atoms with E-state index in [0.29, 0.717) is 5.92 Å². The van der Waals surface area contributed by atoms with Crippen LogP contribution >= 0.6 is 0 Å². The number of rotatable bonds is 8. The van der Waals surface area contributed by atoms with E-state index in [-0.39, 0.29) is 0 Å². The molecule has 2 nitrogen and oxygen atoms in total. The first kappa shape index (κ1) is 15.0. The van der Waals surface area contributed by atoms with Crippen LogP contribution in [0, 0.1) is 11.8 Å². The monoisotopic (exact) mass is 249 g/mol. The summed E-state index contributed by atoms with van der Waals surface area (Å²) in [7, 11) is 1.75. The number of para-hydroxylation sites is 1. The summed E-state index contributed by atoms with van der Waals surface area (Å²) < 4.78 is 5.44. The van der Waals surface area contributed by atoms with Crippen LogP contribution in [-0.2, 0) is 6.42 Å². The molecule has 18 heavy (non-hydrogen) atoms. The van der Waals surface area contributed by atoms with Crippen molar-refractivity contribution in [2.75, 3.05) is 20.2 Å². The molecule has 0 aromatic heterocycles. The highest BCUT2D eigenvalue weighted by atomic mass is 16.5. The Morgan fingerprint density at radius 3 is 2.56 bits per heavy atom. The van der Waals surface area contributed by atoms with E-state index in [1.165, 1.54) is 12.0 Å².